The third-order valence-electron chi connectivity index (χ3n) is 8.29. The normalized spacial score (nSPS) is 19.5. The van der Waals surface area contributed by atoms with Gasteiger partial charge in [-0.25, -0.2) is 9.50 Å². The molecule has 4 aromatic rings. The van der Waals surface area contributed by atoms with E-state index in [9.17, 15) is 9.35 Å². The van der Waals surface area contributed by atoms with Crippen LogP contribution in [0.3, 0.4) is 0 Å². The molecule has 39 heavy (non-hydrogen) atoms. The number of aryl methyl sites for hydroxylation is 2. The van der Waals surface area contributed by atoms with Gasteiger partial charge in [0.15, 0.2) is 5.82 Å². The number of fused-ring (bicyclic) bond motifs is 2. The highest BCUT2D eigenvalue weighted by atomic mass is 32.2. The molecule has 0 amide bonds. The van der Waals surface area contributed by atoms with Gasteiger partial charge in [-0.1, -0.05) is 6.07 Å². The first-order chi connectivity index (χ1) is 18.6. The van der Waals surface area contributed by atoms with Crippen molar-refractivity contribution in [1.82, 2.24) is 28.9 Å². The summed E-state index contributed by atoms with van der Waals surface area (Å²) in [5.41, 5.74) is 5.10. The average molecular weight is 546 g/mol. The number of hydrogen-bond donors (Lipinski definition) is 1. The lowest BCUT2D eigenvalue weighted by molar-refractivity contribution is 0.175. The summed E-state index contributed by atoms with van der Waals surface area (Å²) in [6, 6.07) is 9.77. The molecule has 1 fully saturated rings. The van der Waals surface area contributed by atoms with Crippen LogP contribution < -0.4 is 15.2 Å². The predicted molar refractivity (Wildman–Crippen MR) is 154 cm³/mol. The van der Waals surface area contributed by atoms with Gasteiger partial charge in [0.2, 0.25) is 0 Å². The summed E-state index contributed by atoms with van der Waals surface area (Å²) in [5, 5.41) is 4.60. The molecule has 204 valence electrons. The Hall–Kier alpha value is -3.21. The zero-order valence-electron chi connectivity index (χ0n) is 23.1. The van der Waals surface area contributed by atoms with E-state index in [1.54, 1.807) is 24.0 Å². The number of nitrogens with one attached hydrogen (secondary N) is 1. The second-order valence-electron chi connectivity index (χ2n) is 11.8. The van der Waals surface area contributed by atoms with Crippen molar-refractivity contribution in [1.29, 1.82) is 0 Å². The SMILES string of the molecule is Cc1nc(N2CCC3(CC2)Cc2ncccc2[C@H]3N[S+]([O-])C(C)(C)C)c2ccnn2c1-c1cccn(C)c1=O. The van der Waals surface area contributed by atoms with Crippen molar-refractivity contribution < 1.29 is 4.55 Å². The fourth-order valence-corrected chi connectivity index (χ4v) is 7.07. The van der Waals surface area contributed by atoms with Gasteiger partial charge in [0.25, 0.3) is 5.56 Å². The number of hydrogen-bond acceptors (Lipinski definition) is 7. The van der Waals surface area contributed by atoms with Crippen molar-refractivity contribution >= 4 is 22.7 Å². The van der Waals surface area contributed by atoms with Crippen molar-refractivity contribution in [2.45, 2.75) is 57.7 Å². The largest absolute Gasteiger partial charge is 0.598 e. The lowest BCUT2D eigenvalue weighted by Crippen LogP contribution is -2.50. The average Bonchev–Trinajstić information content (AvgIpc) is 3.49. The van der Waals surface area contributed by atoms with E-state index in [1.165, 1.54) is 5.56 Å². The zero-order valence-corrected chi connectivity index (χ0v) is 24.0. The maximum atomic E-state index is 13.2. The van der Waals surface area contributed by atoms with E-state index in [0.29, 0.717) is 5.56 Å². The number of pyridine rings is 2. The van der Waals surface area contributed by atoms with Crippen molar-refractivity contribution in [3.63, 3.8) is 0 Å². The molecule has 2 aliphatic rings. The molecule has 0 radical (unpaired) electrons. The molecule has 0 aromatic carbocycles. The number of nitrogens with zero attached hydrogens (tertiary/aromatic N) is 6. The monoisotopic (exact) mass is 545 g/mol. The Balaban J connectivity index is 1.32. The number of anilines is 1. The van der Waals surface area contributed by atoms with Crippen LogP contribution in [0, 0.1) is 12.3 Å². The van der Waals surface area contributed by atoms with Gasteiger partial charge in [0.1, 0.15) is 10.3 Å². The lowest BCUT2D eigenvalue weighted by atomic mass is 9.73. The fourth-order valence-electron chi connectivity index (χ4n) is 6.12. The van der Waals surface area contributed by atoms with Crippen LogP contribution in [0.2, 0.25) is 0 Å². The predicted octanol–water partition coefficient (Wildman–Crippen LogP) is 3.73. The summed E-state index contributed by atoms with van der Waals surface area (Å²) in [6.07, 6.45) is 8.09. The van der Waals surface area contributed by atoms with Gasteiger partial charge in [0.05, 0.1) is 29.2 Å². The van der Waals surface area contributed by atoms with E-state index in [-0.39, 0.29) is 21.8 Å². The molecule has 1 aliphatic carbocycles. The maximum absolute atomic E-state index is 13.2. The Labute approximate surface area is 231 Å². The maximum Gasteiger partial charge on any atom is 0.259 e. The summed E-state index contributed by atoms with van der Waals surface area (Å²) >= 11 is -1.19. The van der Waals surface area contributed by atoms with Crippen molar-refractivity contribution in [2.75, 3.05) is 18.0 Å². The first-order valence-corrected chi connectivity index (χ1v) is 14.6. The van der Waals surface area contributed by atoms with Crippen LogP contribution in [-0.4, -0.2) is 46.5 Å². The van der Waals surface area contributed by atoms with E-state index >= 15 is 0 Å². The van der Waals surface area contributed by atoms with Gasteiger partial charge in [-0.2, -0.15) is 5.10 Å². The summed E-state index contributed by atoms with van der Waals surface area (Å²) in [4.78, 5) is 25.0. The Bertz CT molecular complexity index is 1600. The number of piperidine rings is 1. The molecule has 2 atom stereocenters. The molecule has 0 bridgehead atoms. The molecule has 1 N–H and O–H groups in total. The van der Waals surface area contributed by atoms with Crippen LogP contribution >= 0.6 is 0 Å². The molecule has 4 aromatic heterocycles. The van der Waals surface area contributed by atoms with Crippen molar-refractivity contribution in [3.05, 3.63) is 76.2 Å². The second-order valence-corrected chi connectivity index (χ2v) is 13.8. The molecule has 5 heterocycles. The van der Waals surface area contributed by atoms with Crippen LogP contribution in [0.4, 0.5) is 5.82 Å². The fraction of sp³-hybridized carbons (Fsp3) is 0.448. The van der Waals surface area contributed by atoms with Crippen molar-refractivity contribution in [3.8, 4) is 11.3 Å². The van der Waals surface area contributed by atoms with E-state index < -0.39 is 11.4 Å². The minimum atomic E-state index is -1.19. The molecule has 6 rings (SSSR count). The highest BCUT2D eigenvalue weighted by molar-refractivity contribution is 7.90. The Kier molecular flexibility index (Phi) is 6.32. The van der Waals surface area contributed by atoms with Crippen LogP contribution in [0.1, 0.15) is 56.6 Å². The minimum Gasteiger partial charge on any atom is -0.598 e. The molecule has 1 aliphatic heterocycles. The van der Waals surface area contributed by atoms with Crippen LogP contribution in [0.25, 0.3) is 16.8 Å². The first kappa shape index (κ1) is 26.0. The van der Waals surface area contributed by atoms with Crippen LogP contribution in [-0.2, 0) is 24.8 Å². The van der Waals surface area contributed by atoms with Crippen LogP contribution in [0.5, 0.6) is 0 Å². The summed E-state index contributed by atoms with van der Waals surface area (Å²) in [7, 11) is 1.75. The zero-order chi connectivity index (χ0) is 27.5. The Morgan fingerprint density at radius 2 is 1.90 bits per heavy atom. The highest BCUT2D eigenvalue weighted by Gasteiger charge is 2.51. The van der Waals surface area contributed by atoms with Gasteiger partial charge in [0, 0.05) is 55.0 Å². The molecule has 1 spiro atoms. The van der Waals surface area contributed by atoms with Gasteiger partial charge < -0.3 is 14.0 Å². The molecule has 10 heteroatoms. The Morgan fingerprint density at radius 3 is 2.64 bits per heavy atom. The van der Waals surface area contributed by atoms with Gasteiger partial charge >= 0.3 is 0 Å². The quantitative estimate of drug-likeness (QED) is 0.390. The topological polar surface area (TPSA) is 103 Å². The summed E-state index contributed by atoms with van der Waals surface area (Å²) in [5.74, 6) is 0.882. The summed E-state index contributed by atoms with van der Waals surface area (Å²) < 4.78 is 19.8. The lowest BCUT2D eigenvalue weighted by Gasteiger charge is -2.44. The smallest absolute Gasteiger partial charge is 0.259 e. The van der Waals surface area contributed by atoms with E-state index in [4.69, 9.17) is 9.97 Å². The van der Waals surface area contributed by atoms with Gasteiger partial charge in [-0.05, 0) is 76.8 Å². The molecule has 1 unspecified atom stereocenters. The molecule has 9 nitrogen and oxygen atoms in total. The van der Waals surface area contributed by atoms with Crippen LogP contribution in [0.15, 0.2) is 53.7 Å². The summed E-state index contributed by atoms with van der Waals surface area (Å²) in [6.45, 7) is 9.58. The highest BCUT2D eigenvalue weighted by Crippen LogP contribution is 2.52. The first-order valence-electron chi connectivity index (χ1n) is 13.5. The molecular weight excluding hydrogens is 510 g/mol. The molecular formula is C29H35N7O2S. The number of rotatable bonds is 4. The van der Waals surface area contributed by atoms with Gasteiger partial charge in [-0.3, -0.25) is 9.78 Å². The van der Waals surface area contributed by atoms with Crippen molar-refractivity contribution in [2.24, 2.45) is 12.5 Å². The van der Waals surface area contributed by atoms with E-state index in [2.05, 4.69) is 20.8 Å². The molecule has 0 saturated carbocycles. The standard InChI is InChI=1S/C29H35N7O2S/c1-19-24(21-9-7-15-34(5)27(21)37)36-23(10-14-31-36)26(32-19)35-16-11-29(12-17-35)18-22-20(8-6-13-30-22)25(29)33-39(38)28(2,3)4/h6-10,13-15,25,33H,11-12,16-18H2,1-5H3/t25-,39?/m1/s1. The molecule has 1 saturated heterocycles. The third-order valence-corrected chi connectivity index (χ3v) is 9.85. The minimum absolute atomic E-state index is 0.00948. The Morgan fingerprint density at radius 1 is 1.13 bits per heavy atom. The third kappa shape index (κ3) is 4.34. The van der Waals surface area contributed by atoms with Gasteiger partial charge in [-0.15, -0.1) is 4.72 Å². The number of aromatic nitrogens is 5. The van der Waals surface area contributed by atoms with E-state index in [1.807, 2.05) is 62.7 Å². The van der Waals surface area contributed by atoms with E-state index in [0.717, 1.165) is 60.8 Å². The second kappa shape index (κ2) is 9.46.